The van der Waals surface area contributed by atoms with Crippen molar-refractivity contribution in [2.45, 2.75) is 39.3 Å². The first kappa shape index (κ1) is 21.7. The molecule has 0 aliphatic carbocycles. The topological polar surface area (TPSA) is 50.7 Å². The number of rotatable bonds is 12. The first-order chi connectivity index (χ1) is 13.2. The van der Waals surface area contributed by atoms with E-state index < -0.39 is 0 Å². The average Bonchev–Trinajstić information content (AvgIpc) is 2.66. The van der Waals surface area contributed by atoms with Gasteiger partial charge in [0.05, 0.1) is 6.61 Å². The summed E-state index contributed by atoms with van der Waals surface area (Å²) in [6, 6.07) is 10.4. The summed E-state index contributed by atoms with van der Waals surface area (Å²) in [6.45, 7) is 4.42. The molecule has 0 saturated carbocycles. The number of aliphatic hydroxyl groups excluding tert-OH is 1. The Kier molecular flexibility index (Phi) is 9.59. The van der Waals surface area contributed by atoms with Crippen molar-refractivity contribution in [3.63, 3.8) is 0 Å². The molecular formula is C21H27BrFNO3. The van der Waals surface area contributed by atoms with Gasteiger partial charge >= 0.3 is 0 Å². The number of benzene rings is 2. The van der Waals surface area contributed by atoms with Crippen LogP contribution in [0.3, 0.4) is 0 Å². The van der Waals surface area contributed by atoms with E-state index in [1.165, 1.54) is 6.07 Å². The maximum atomic E-state index is 13.8. The molecule has 0 unspecified atom stereocenters. The van der Waals surface area contributed by atoms with Gasteiger partial charge in [-0.25, -0.2) is 4.39 Å². The summed E-state index contributed by atoms with van der Waals surface area (Å²) in [6.07, 6.45) is 2.88. The van der Waals surface area contributed by atoms with Crippen LogP contribution in [0.5, 0.6) is 11.5 Å². The van der Waals surface area contributed by atoms with Gasteiger partial charge in [0.2, 0.25) is 0 Å². The molecule has 2 aromatic rings. The molecular weight excluding hydrogens is 413 g/mol. The zero-order chi connectivity index (χ0) is 19.5. The molecule has 0 radical (unpaired) electrons. The molecule has 0 saturated heterocycles. The van der Waals surface area contributed by atoms with Gasteiger partial charge in [0.15, 0.2) is 11.5 Å². The third-order valence-electron chi connectivity index (χ3n) is 4.08. The normalized spacial score (nSPS) is 10.8. The van der Waals surface area contributed by atoms with E-state index in [4.69, 9.17) is 14.6 Å². The molecule has 0 bridgehead atoms. The van der Waals surface area contributed by atoms with E-state index in [0.29, 0.717) is 30.2 Å². The SMILES string of the molecule is CCOc1cc(CNCCCCCO)c(Br)cc1OCc1ccccc1F. The van der Waals surface area contributed by atoms with Gasteiger partial charge in [0.1, 0.15) is 12.4 Å². The Hall–Kier alpha value is -1.63. The minimum Gasteiger partial charge on any atom is -0.490 e. The highest BCUT2D eigenvalue weighted by molar-refractivity contribution is 9.10. The molecule has 0 aliphatic heterocycles. The van der Waals surface area contributed by atoms with Crippen molar-refractivity contribution < 1.29 is 19.0 Å². The Morgan fingerprint density at radius 1 is 1.04 bits per heavy atom. The van der Waals surface area contributed by atoms with Crippen molar-refractivity contribution in [3.05, 3.63) is 57.8 Å². The monoisotopic (exact) mass is 439 g/mol. The summed E-state index contributed by atoms with van der Waals surface area (Å²) in [7, 11) is 0. The van der Waals surface area contributed by atoms with E-state index in [1.54, 1.807) is 18.2 Å². The van der Waals surface area contributed by atoms with Crippen LogP contribution in [-0.4, -0.2) is 24.9 Å². The molecule has 0 aromatic heterocycles. The summed E-state index contributed by atoms with van der Waals surface area (Å²) in [5.41, 5.74) is 1.57. The number of halogens is 2. The predicted molar refractivity (Wildman–Crippen MR) is 109 cm³/mol. The van der Waals surface area contributed by atoms with Gasteiger partial charge in [0, 0.05) is 23.2 Å². The Balaban J connectivity index is 2.00. The van der Waals surface area contributed by atoms with E-state index in [0.717, 1.165) is 35.8 Å². The quantitative estimate of drug-likeness (QED) is 0.465. The van der Waals surface area contributed by atoms with Gasteiger partial charge < -0.3 is 19.9 Å². The fourth-order valence-electron chi connectivity index (χ4n) is 2.63. The molecule has 4 nitrogen and oxygen atoms in total. The van der Waals surface area contributed by atoms with Crippen LogP contribution in [0.1, 0.15) is 37.3 Å². The first-order valence-corrected chi connectivity index (χ1v) is 10.1. The van der Waals surface area contributed by atoms with Gasteiger partial charge in [-0.05, 0) is 56.5 Å². The molecule has 148 valence electrons. The van der Waals surface area contributed by atoms with Crippen LogP contribution in [0, 0.1) is 5.82 Å². The zero-order valence-corrected chi connectivity index (χ0v) is 17.2. The number of hydrogen-bond donors (Lipinski definition) is 2. The summed E-state index contributed by atoms with van der Waals surface area (Å²) >= 11 is 3.58. The molecule has 0 heterocycles. The third kappa shape index (κ3) is 7.13. The van der Waals surface area contributed by atoms with Crippen molar-refractivity contribution in [1.29, 1.82) is 0 Å². The minimum atomic E-state index is -0.281. The molecule has 2 rings (SSSR count). The molecule has 0 amide bonds. The van der Waals surface area contributed by atoms with E-state index >= 15 is 0 Å². The molecule has 2 N–H and O–H groups in total. The van der Waals surface area contributed by atoms with Crippen LogP contribution >= 0.6 is 15.9 Å². The Morgan fingerprint density at radius 2 is 1.81 bits per heavy atom. The molecule has 0 atom stereocenters. The van der Waals surface area contributed by atoms with Crippen LogP contribution in [0.2, 0.25) is 0 Å². The average molecular weight is 440 g/mol. The third-order valence-corrected chi connectivity index (χ3v) is 4.82. The maximum Gasteiger partial charge on any atom is 0.162 e. The fourth-order valence-corrected chi connectivity index (χ4v) is 3.09. The number of unbranched alkanes of at least 4 members (excludes halogenated alkanes) is 2. The summed E-state index contributed by atoms with van der Waals surface area (Å²) in [5.74, 6) is 0.948. The molecule has 0 fully saturated rings. The van der Waals surface area contributed by atoms with Crippen molar-refractivity contribution in [2.24, 2.45) is 0 Å². The second kappa shape index (κ2) is 12.0. The Morgan fingerprint density at radius 3 is 2.56 bits per heavy atom. The van der Waals surface area contributed by atoms with E-state index in [9.17, 15) is 4.39 Å². The van der Waals surface area contributed by atoms with Crippen LogP contribution in [0.4, 0.5) is 4.39 Å². The lowest BCUT2D eigenvalue weighted by Crippen LogP contribution is -2.15. The molecule has 0 aliphatic rings. The van der Waals surface area contributed by atoms with E-state index in [2.05, 4.69) is 21.2 Å². The highest BCUT2D eigenvalue weighted by Gasteiger charge is 2.12. The number of hydrogen-bond acceptors (Lipinski definition) is 4. The summed E-state index contributed by atoms with van der Waals surface area (Å²) in [4.78, 5) is 0. The van der Waals surface area contributed by atoms with Crippen molar-refractivity contribution in [2.75, 3.05) is 19.8 Å². The Bertz CT molecular complexity index is 712. The van der Waals surface area contributed by atoms with Crippen LogP contribution in [0.25, 0.3) is 0 Å². The Labute approximate surface area is 168 Å². The van der Waals surface area contributed by atoms with Crippen LogP contribution in [-0.2, 0) is 13.2 Å². The number of aliphatic hydroxyl groups is 1. The van der Waals surface area contributed by atoms with Gasteiger partial charge in [-0.15, -0.1) is 0 Å². The maximum absolute atomic E-state index is 13.8. The smallest absolute Gasteiger partial charge is 0.162 e. The highest BCUT2D eigenvalue weighted by atomic mass is 79.9. The molecule has 27 heavy (non-hydrogen) atoms. The van der Waals surface area contributed by atoms with E-state index in [-0.39, 0.29) is 19.0 Å². The van der Waals surface area contributed by atoms with E-state index in [1.807, 2.05) is 19.1 Å². The van der Waals surface area contributed by atoms with Gasteiger partial charge in [-0.3, -0.25) is 0 Å². The zero-order valence-electron chi connectivity index (χ0n) is 15.6. The van der Waals surface area contributed by atoms with Crippen molar-refractivity contribution >= 4 is 15.9 Å². The predicted octanol–water partition coefficient (Wildman–Crippen LogP) is 4.82. The van der Waals surface area contributed by atoms with Crippen LogP contribution < -0.4 is 14.8 Å². The molecule has 6 heteroatoms. The van der Waals surface area contributed by atoms with Gasteiger partial charge in [-0.2, -0.15) is 0 Å². The standard InChI is InChI=1S/C21H27BrFNO3/c1-2-26-20-12-17(14-24-10-6-3-7-11-25)18(22)13-21(20)27-15-16-8-4-5-9-19(16)23/h4-5,8-9,12-13,24-25H,2-3,6-7,10-11,14-15H2,1H3. The van der Waals surface area contributed by atoms with Gasteiger partial charge in [0.25, 0.3) is 0 Å². The fraction of sp³-hybridized carbons (Fsp3) is 0.429. The first-order valence-electron chi connectivity index (χ1n) is 9.28. The van der Waals surface area contributed by atoms with Crippen LogP contribution in [0.15, 0.2) is 40.9 Å². The lowest BCUT2D eigenvalue weighted by Gasteiger charge is -2.16. The van der Waals surface area contributed by atoms with Gasteiger partial charge in [-0.1, -0.05) is 34.1 Å². The minimum absolute atomic E-state index is 0.141. The summed E-state index contributed by atoms with van der Waals surface area (Å²) in [5, 5.41) is 12.2. The molecule has 2 aromatic carbocycles. The number of nitrogens with one attached hydrogen (secondary N) is 1. The number of ether oxygens (including phenoxy) is 2. The van der Waals surface area contributed by atoms with Crippen molar-refractivity contribution in [3.8, 4) is 11.5 Å². The largest absolute Gasteiger partial charge is 0.490 e. The second-order valence-electron chi connectivity index (χ2n) is 6.16. The van der Waals surface area contributed by atoms with Crippen molar-refractivity contribution in [1.82, 2.24) is 5.32 Å². The summed E-state index contributed by atoms with van der Waals surface area (Å²) < 4.78 is 26.2. The lowest BCUT2D eigenvalue weighted by molar-refractivity contribution is 0.265. The second-order valence-corrected chi connectivity index (χ2v) is 7.02. The highest BCUT2D eigenvalue weighted by Crippen LogP contribution is 2.34. The molecule has 0 spiro atoms. The lowest BCUT2D eigenvalue weighted by atomic mass is 10.2.